The molecule has 0 unspecified atom stereocenters. The summed E-state index contributed by atoms with van der Waals surface area (Å²) in [5.74, 6) is 0. The lowest BCUT2D eigenvalue weighted by molar-refractivity contribution is 1.10. The number of hydrogen-bond acceptors (Lipinski definition) is 3. The van der Waals surface area contributed by atoms with Crippen LogP contribution >= 0.6 is 11.6 Å². The van der Waals surface area contributed by atoms with E-state index in [1.165, 1.54) is 0 Å². The molecule has 6 rings (SSSR count). The molecule has 0 bridgehead atoms. The summed E-state index contributed by atoms with van der Waals surface area (Å²) in [6.45, 7) is 0. The molecule has 0 atom stereocenters. The van der Waals surface area contributed by atoms with Crippen LogP contribution in [0.3, 0.4) is 0 Å². The minimum Gasteiger partial charge on any atom is -0.354 e. The zero-order valence-electron chi connectivity index (χ0n) is 17.6. The van der Waals surface area contributed by atoms with E-state index in [1.807, 2.05) is 66.7 Å². The van der Waals surface area contributed by atoms with Crippen molar-refractivity contribution in [2.75, 3.05) is 5.32 Å². The van der Waals surface area contributed by atoms with Gasteiger partial charge in [-0.2, -0.15) is 5.10 Å². The molecule has 4 nitrogen and oxygen atoms in total. The molecule has 0 aliphatic carbocycles. The lowest BCUT2D eigenvalue weighted by Crippen LogP contribution is -1.95. The number of benzene rings is 4. The van der Waals surface area contributed by atoms with Gasteiger partial charge in [0.2, 0.25) is 0 Å². The molecule has 0 radical (unpaired) electrons. The summed E-state index contributed by atoms with van der Waals surface area (Å²) in [5, 5.41) is 14.1. The summed E-state index contributed by atoms with van der Waals surface area (Å²) in [6, 6.07) is 34.5. The van der Waals surface area contributed by atoms with Gasteiger partial charge in [-0.15, -0.1) is 0 Å². The van der Waals surface area contributed by atoms with Crippen LogP contribution in [0.25, 0.3) is 44.3 Å². The first-order valence-electron chi connectivity index (χ1n) is 10.7. The molecular weight excluding hydrogens is 428 g/mol. The van der Waals surface area contributed by atoms with Crippen molar-refractivity contribution in [3.63, 3.8) is 0 Å². The second kappa shape index (κ2) is 8.08. The lowest BCUT2D eigenvalue weighted by atomic mass is 10.1. The van der Waals surface area contributed by atoms with Crippen molar-refractivity contribution in [2.45, 2.75) is 0 Å². The van der Waals surface area contributed by atoms with Crippen LogP contribution in [0.5, 0.6) is 0 Å². The highest BCUT2D eigenvalue weighted by molar-refractivity contribution is 6.33. The van der Waals surface area contributed by atoms with Gasteiger partial charge in [0.25, 0.3) is 0 Å². The van der Waals surface area contributed by atoms with E-state index in [0.717, 1.165) is 55.7 Å². The Labute approximate surface area is 195 Å². The second-order valence-corrected chi connectivity index (χ2v) is 8.28. The Morgan fingerprint density at radius 3 is 2.03 bits per heavy atom. The zero-order valence-corrected chi connectivity index (χ0v) is 18.3. The maximum atomic E-state index is 6.33. The Balaban J connectivity index is 1.34. The van der Waals surface area contributed by atoms with Crippen LogP contribution in [0.15, 0.2) is 103 Å². The Morgan fingerprint density at radius 2 is 1.33 bits per heavy atom. The number of halogens is 1. The molecule has 2 heterocycles. The van der Waals surface area contributed by atoms with Crippen LogP contribution in [-0.2, 0) is 0 Å². The van der Waals surface area contributed by atoms with Crippen molar-refractivity contribution >= 4 is 44.8 Å². The molecule has 6 aromatic rings. The number of hydrogen-bond donors (Lipinski definition) is 2. The molecule has 33 heavy (non-hydrogen) atoms. The average Bonchev–Trinajstić information content (AvgIpc) is 3.35. The first-order chi connectivity index (χ1) is 16.3. The Hall–Kier alpha value is -4.15. The van der Waals surface area contributed by atoms with Gasteiger partial charge in [0.05, 0.1) is 28.1 Å². The van der Waals surface area contributed by atoms with E-state index in [2.05, 4.69) is 51.9 Å². The largest absolute Gasteiger partial charge is 0.354 e. The first kappa shape index (κ1) is 19.5. The SMILES string of the molecule is Clc1ccccc1-c1cc(-c2ccc(Nc3c4ccccc4nc4ccccc34)cc2)n[nH]1. The van der Waals surface area contributed by atoms with Gasteiger partial charge in [0.15, 0.2) is 0 Å². The van der Waals surface area contributed by atoms with Gasteiger partial charge in [-0.25, -0.2) is 4.98 Å². The number of para-hydroxylation sites is 2. The molecule has 0 saturated heterocycles. The van der Waals surface area contributed by atoms with Gasteiger partial charge in [0.1, 0.15) is 0 Å². The minimum absolute atomic E-state index is 0.698. The highest BCUT2D eigenvalue weighted by Crippen LogP contribution is 2.34. The summed E-state index contributed by atoms with van der Waals surface area (Å²) in [7, 11) is 0. The molecule has 0 saturated carbocycles. The normalized spacial score (nSPS) is 11.2. The van der Waals surface area contributed by atoms with E-state index in [0.29, 0.717) is 5.02 Å². The fraction of sp³-hybridized carbons (Fsp3) is 0. The summed E-state index contributed by atoms with van der Waals surface area (Å²) < 4.78 is 0. The summed E-state index contributed by atoms with van der Waals surface area (Å²) in [6.07, 6.45) is 0. The zero-order chi connectivity index (χ0) is 22.2. The molecule has 0 aliphatic rings. The molecule has 0 spiro atoms. The van der Waals surface area contributed by atoms with E-state index >= 15 is 0 Å². The van der Waals surface area contributed by atoms with Crippen molar-refractivity contribution in [3.05, 3.63) is 108 Å². The Morgan fingerprint density at radius 1 is 0.697 bits per heavy atom. The van der Waals surface area contributed by atoms with Crippen molar-refractivity contribution in [1.82, 2.24) is 15.2 Å². The number of H-pyrrole nitrogens is 1. The number of anilines is 2. The van der Waals surface area contributed by atoms with Gasteiger partial charge in [-0.1, -0.05) is 78.3 Å². The molecule has 0 fully saturated rings. The molecule has 158 valence electrons. The van der Waals surface area contributed by atoms with Gasteiger partial charge in [0, 0.05) is 32.6 Å². The fourth-order valence-electron chi connectivity index (χ4n) is 4.13. The van der Waals surface area contributed by atoms with E-state index in [4.69, 9.17) is 16.6 Å². The quantitative estimate of drug-likeness (QED) is 0.271. The van der Waals surface area contributed by atoms with Crippen LogP contribution in [0.1, 0.15) is 0 Å². The van der Waals surface area contributed by atoms with Gasteiger partial charge in [-0.3, -0.25) is 5.10 Å². The molecule has 0 amide bonds. The van der Waals surface area contributed by atoms with Gasteiger partial charge < -0.3 is 5.32 Å². The van der Waals surface area contributed by atoms with Crippen molar-refractivity contribution < 1.29 is 0 Å². The average molecular weight is 447 g/mol. The molecular formula is C28H19ClN4. The third kappa shape index (κ3) is 3.60. The van der Waals surface area contributed by atoms with Crippen molar-refractivity contribution in [3.8, 4) is 22.5 Å². The molecule has 5 heteroatoms. The molecule has 2 N–H and O–H groups in total. The van der Waals surface area contributed by atoms with Crippen LogP contribution in [-0.4, -0.2) is 15.2 Å². The molecule has 0 aliphatic heterocycles. The monoisotopic (exact) mass is 446 g/mol. The van der Waals surface area contributed by atoms with E-state index in [-0.39, 0.29) is 0 Å². The van der Waals surface area contributed by atoms with Crippen LogP contribution in [0, 0.1) is 0 Å². The van der Waals surface area contributed by atoms with E-state index in [1.54, 1.807) is 0 Å². The van der Waals surface area contributed by atoms with Crippen molar-refractivity contribution in [2.24, 2.45) is 0 Å². The smallest absolute Gasteiger partial charge is 0.0927 e. The third-order valence-corrected chi connectivity index (χ3v) is 6.11. The number of nitrogens with one attached hydrogen (secondary N) is 2. The number of aromatic amines is 1. The number of aromatic nitrogens is 3. The van der Waals surface area contributed by atoms with E-state index in [9.17, 15) is 0 Å². The lowest BCUT2D eigenvalue weighted by Gasteiger charge is -2.13. The highest BCUT2D eigenvalue weighted by Gasteiger charge is 2.11. The molecule has 2 aromatic heterocycles. The molecule has 4 aromatic carbocycles. The predicted octanol–water partition coefficient (Wildman–Crippen LogP) is 7.84. The summed E-state index contributed by atoms with van der Waals surface area (Å²) in [4.78, 5) is 4.81. The Bertz CT molecular complexity index is 1550. The summed E-state index contributed by atoms with van der Waals surface area (Å²) >= 11 is 6.33. The fourth-order valence-corrected chi connectivity index (χ4v) is 4.37. The first-order valence-corrected chi connectivity index (χ1v) is 11.1. The maximum absolute atomic E-state index is 6.33. The third-order valence-electron chi connectivity index (χ3n) is 5.78. The predicted molar refractivity (Wildman–Crippen MR) is 137 cm³/mol. The highest BCUT2D eigenvalue weighted by atomic mass is 35.5. The maximum Gasteiger partial charge on any atom is 0.0927 e. The van der Waals surface area contributed by atoms with Crippen LogP contribution in [0.2, 0.25) is 5.02 Å². The topological polar surface area (TPSA) is 53.6 Å². The standard InChI is InChI=1S/C28H19ClN4/c29-23-10-4-1-7-20(23)27-17-26(32-33-27)18-13-15-19(16-14-18)30-28-21-8-2-5-11-24(21)31-25-12-6-3-9-22(25)28/h1-17H,(H,30,31)(H,32,33). The number of rotatable bonds is 4. The van der Waals surface area contributed by atoms with Crippen molar-refractivity contribution in [1.29, 1.82) is 0 Å². The second-order valence-electron chi connectivity index (χ2n) is 7.87. The Kier molecular flexibility index (Phi) is 4.78. The van der Waals surface area contributed by atoms with Gasteiger partial charge in [-0.05, 0) is 36.4 Å². The van der Waals surface area contributed by atoms with Gasteiger partial charge >= 0.3 is 0 Å². The number of fused-ring (bicyclic) bond motifs is 2. The van der Waals surface area contributed by atoms with E-state index < -0.39 is 0 Å². The van der Waals surface area contributed by atoms with Crippen LogP contribution < -0.4 is 5.32 Å². The summed E-state index contributed by atoms with van der Waals surface area (Å²) in [5.41, 5.74) is 7.74. The number of nitrogens with zero attached hydrogens (tertiary/aromatic N) is 2. The van der Waals surface area contributed by atoms with Crippen LogP contribution in [0.4, 0.5) is 11.4 Å². The minimum atomic E-state index is 0.698. The number of pyridine rings is 1.